The number of carbonyl (C=O) groups excluding carboxylic acids is 1. The van der Waals surface area contributed by atoms with Crippen molar-refractivity contribution in [3.8, 4) is 0 Å². The fraction of sp³-hybridized carbons (Fsp3) is 0.846. The predicted octanol–water partition coefficient (Wildman–Crippen LogP) is 1.09. The van der Waals surface area contributed by atoms with Crippen molar-refractivity contribution in [2.24, 2.45) is 5.92 Å². The van der Waals surface area contributed by atoms with Gasteiger partial charge in [-0.15, -0.1) is 0 Å². The number of urea groups is 1. The van der Waals surface area contributed by atoms with Gasteiger partial charge >= 0.3 is 12.0 Å². The first kappa shape index (κ1) is 15.8. The van der Waals surface area contributed by atoms with Crippen molar-refractivity contribution in [2.75, 3.05) is 0 Å². The van der Waals surface area contributed by atoms with E-state index in [-0.39, 0.29) is 18.1 Å². The standard InChI is InChI=1S/C13H24N2O4/c1-8(2)7-11(12(17)18)15-13(19)14-9-3-5-10(16)6-4-9/h8-11,16H,3-7H2,1-2H3,(H,17,18)(H2,14,15,19)/t9?,10?,11-/m0/s1. The third-order valence-corrected chi connectivity index (χ3v) is 3.34. The Morgan fingerprint density at radius 2 is 1.79 bits per heavy atom. The van der Waals surface area contributed by atoms with Crippen LogP contribution in [0.25, 0.3) is 0 Å². The number of hydrogen-bond acceptors (Lipinski definition) is 3. The molecule has 1 atom stereocenters. The van der Waals surface area contributed by atoms with E-state index in [1.807, 2.05) is 13.8 Å². The smallest absolute Gasteiger partial charge is 0.326 e. The van der Waals surface area contributed by atoms with E-state index >= 15 is 0 Å². The summed E-state index contributed by atoms with van der Waals surface area (Å²) in [7, 11) is 0. The summed E-state index contributed by atoms with van der Waals surface area (Å²) in [6, 6.07) is -1.26. The van der Waals surface area contributed by atoms with Crippen LogP contribution in [0.15, 0.2) is 0 Å². The molecule has 0 aromatic carbocycles. The van der Waals surface area contributed by atoms with Crippen LogP contribution in [0.2, 0.25) is 0 Å². The Hall–Kier alpha value is -1.30. The number of hydrogen-bond donors (Lipinski definition) is 4. The Kier molecular flexibility index (Phi) is 6.08. The molecule has 110 valence electrons. The molecule has 0 aromatic rings. The van der Waals surface area contributed by atoms with Crippen molar-refractivity contribution in [1.82, 2.24) is 10.6 Å². The lowest BCUT2D eigenvalue weighted by atomic mass is 9.93. The SMILES string of the molecule is CC(C)C[C@H](NC(=O)NC1CCC(O)CC1)C(=O)O. The summed E-state index contributed by atoms with van der Waals surface area (Å²) in [6.45, 7) is 3.83. The van der Waals surface area contributed by atoms with E-state index in [1.165, 1.54) is 0 Å². The molecule has 0 aromatic heterocycles. The molecule has 6 heteroatoms. The van der Waals surface area contributed by atoms with E-state index in [2.05, 4.69) is 10.6 Å². The molecule has 19 heavy (non-hydrogen) atoms. The summed E-state index contributed by atoms with van der Waals surface area (Å²) < 4.78 is 0. The quantitative estimate of drug-likeness (QED) is 0.602. The van der Waals surface area contributed by atoms with E-state index in [0.717, 1.165) is 12.8 Å². The first-order chi connectivity index (χ1) is 8.88. The second-order valence-electron chi connectivity index (χ2n) is 5.64. The minimum absolute atomic E-state index is 0.0249. The Balaban J connectivity index is 2.38. The van der Waals surface area contributed by atoms with Crippen LogP contribution < -0.4 is 10.6 Å². The van der Waals surface area contributed by atoms with Gasteiger partial charge in [0.15, 0.2) is 0 Å². The van der Waals surface area contributed by atoms with E-state index in [9.17, 15) is 14.7 Å². The van der Waals surface area contributed by atoms with Crippen molar-refractivity contribution >= 4 is 12.0 Å². The molecule has 0 heterocycles. The van der Waals surface area contributed by atoms with Crippen molar-refractivity contribution in [1.29, 1.82) is 0 Å². The Labute approximate surface area is 113 Å². The average Bonchev–Trinajstić information content (AvgIpc) is 2.30. The number of carboxylic acids is 1. The topological polar surface area (TPSA) is 98.7 Å². The average molecular weight is 272 g/mol. The van der Waals surface area contributed by atoms with Gasteiger partial charge in [-0.2, -0.15) is 0 Å². The molecule has 6 nitrogen and oxygen atoms in total. The van der Waals surface area contributed by atoms with Crippen molar-refractivity contribution in [3.05, 3.63) is 0 Å². The Morgan fingerprint density at radius 1 is 1.21 bits per heavy atom. The molecule has 2 amide bonds. The van der Waals surface area contributed by atoms with Crippen LogP contribution >= 0.6 is 0 Å². The second kappa shape index (κ2) is 7.33. The van der Waals surface area contributed by atoms with Gasteiger partial charge in [0, 0.05) is 6.04 Å². The van der Waals surface area contributed by atoms with Gasteiger partial charge in [-0.3, -0.25) is 0 Å². The first-order valence-electron chi connectivity index (χ1n) is 6.86. The lowest BCUT2D eigenvalue weighted by molar-refractivity contribution is -0.139. The maximum Gasteiger partial charge on any atom is 0.326 e. The van der Waals surface area contributed by atoms with Crippen LogP contribution in [0.3, 0.4) is 0 Å². The molecule has 0 unspecified atom stereocenters. The minimum atomic E-state index is -1.01. The molecule has 4 N–H and O–H groups in total. The summed E-state index contributed by atoms with van der Waals surface area (Å²) in [6.07, 6.45) is 2.96. The van der Waals surface area contributed by atoms with Crippen molar-refractivity contribution < 1.29 is 19.8 Å². The highest BCUT2D eigenvalue weighted by Crippen LogP contribution is 2.18. The molecular weight excluding hydrogens is 248 g/mol. The maximum absolute atomic E-state index is 11.7. The molecule has 0 bridgehead atoms. The van der Waals surface area contributed by atoms with Crippen LogP contribution in [0.5, 0.6) is 0 Å². The number of aliphatic carboxylic acids is 1. The lowest BCUT2D eigenvalue weighted by Gasteiger charge is -2.27. The third-order valence-electron chi connectivity index (χ3n) is 3.34. The normalized spacial score (nSPS) is 24.8. The fourth-order valence-electron chi connectivity index (χ4n) is 2.30. The molecule has 1 aliphatic rings. The van der Waals surface area contributed by atoms with Crippen molar-refractivity contribution in [3.63, 3.8) is 0 Å². The van der Waals surface area contributed by atoms with Gasteiger partial charge in [0.1, 0.15) is 6.04 Å². The van der Waals surface area contributed by atoms with Crippen LogP contribution in [0.1, 0.15) is 46.0 Å². The van der Waals surface area contributed by atoms with Gasteiger partial charge in [0.2, 0.25) is 0 Å². The largest absolute Gasteiger partial charge is 0.480 e. The van der Waals surface area contributed by atoms with Crippen LogP contribution in [-0.2, 0) is 4.79 Å². The zero-order chi connectivity index (χ0) is 14.4. The van der Waals surface area contributed by atoms with E-state index in [4.69, 9.17) is 5.11 Å². The third kappa shape index (κ3) is 5.92. The summed E-state index contributed by atoms with van der Waals surface area (Å²) in [5, 5.41) is 23.7. The summed E-state index contributed by atoms with van der Waals surface area (Å²) in [5.41, 5.74) is 0. The van der Waals surface area contributed by atoms with Crippen LogP contribution in [0, 0.1) is 5.92 Å². The molecule has 0 spiro atoms. The number of nitrogens with one attached hydrogen (secondary N) is 2. The van der Waals surface area contributed by atoms with E-state index < -0.39 is 18.0 Å². The molecule has 1 aliphatic carbocycles. The first-order valence-corrected chi connectivity index (χ1v) is 6.86. The van der Waals surface area contributed by atoms with E-state index in [0.29, 0.717) is 19.3 Å². The molecule has 1 rings (SSSR count). The molecule has 1 fully saturated rings. The summed E-state index contributed by atoms with van der Waals surface area (Å²) in [5.74, 6) is -0.811. The number of aliphatic hydroxyl groups is 1. The van der Waals surface area contributed by atoms with Gasteiger partial charge in [0.05, 0.1) is 6.10 Å². The second-order valence-corrected chi connectivity index (χ2v) is 5.64. The predicted molar refractivity (Wildman–Crippen MR) is 70.8 cm³/mol. The molecule has 0 aliphatic heterocycles. The summed E-state index contributed by atoms with van der Waals surface area (Å²) >= 11 is 0. The number of rotatable bonds is 5. The lowest BCUT2D eigenvalue weighted by Crippen LogP contribution is -2.50. The van der Waals surface area contributed by atoms with Crippen LogP contribution in [-0.4, -0.2) is 40.4 Å². The van der Waals surface area contributed by atoms with Gasteiger partial charge in [-0.25, -0.2) is 9.59 Å². The molecule has 0 radical (unpaired) electrons. The monoisotopic (exact) mass is 272 g/mol. The molecule has 1 saturated carbocycles. The number of carboxylic acid groups (broad SMARTS) is 1. The highest BCUT2D eigenvalue weighted by Gasteiger charge is 2.24. The maximum atomic E-state index is 11.7. The fourth-order valence-corrected chi connectivity index (χ4v) is 2.30. The summed E-state index contributed by atoms with van der Waals surface area (Å²) in [4.78, 5) is 22.8. The van der Waals surface area contributed by atoms with E-state index in [1.54, 1.807) is 0 Å². The van der Waals surface area contributed by atoms with Gasteiger partial charge in [0.25, 0.3) is 0 Å². The highest BCUT2D eigenvalue weighted by atomic mass is 16.4. The van der Waals surface area contributed by atoms with Gasteiger partial charge < -0.3 is 20.8 Å². The Morgan fingerprint density at radius 3 is 2.26 bits per heavy atom. The number of amides is 2. The number of carbonyl (C=O) groups is 2. The van der Waals surface area contributed by atoms with Crippen molar-refractivity contribution in [2.45, 2.75) is 64.1 Å². The highest BCUT2D eigenvalue weighted by molar-refractivity contribution is 5.82. The zero-order valence-electron chi connectivity index (χ0n) is 11.6. The van der Waals surface area contributed by atoms with Gasteiger partial charge in [-0.1, -0.05) is 13.8 Å². The minimum Gasteiger partial charge on any atom is -0.480 e. The molecule has 0 saturated heterocycles. The van der Waals surface area contributed by atoms with Crippen LogP contribution in [0.4, 0.5) is 4.79 Å². The molecular formula is C13H24N2O4. The number of aliphatic hydroxyl groups excluding tert-OH is 1. The Bertz CT molecular complexity index is 312. The zero-order valence-corrected chi connectivity index (χ0v) is 11.6. The van der Waals surface area contributed by atoms with Gasteiger partial charge in [-0.05, 0) is 38.0 Å².